The van der Waals surface area contributed by atoms with E-state index in [1.165, 1.54) is 0 Å². The number of nitrogens with one attached hydrogen (secondary N) is 1. The lowest BCUT2D eigenvalue weighted by atomic mass is 9.94. The number of Topliss-reactive ketones (excluding diaryl/α,β-unsaturated/α-hetero) is 1. The van der Waals surface area contributed by atoms with Crippen LogP contribution in [0.5, 0.6) is 0 Å². The fraction of sp³-hybridized carbons (Fsp3) is 0.857. The maximum atomic E-state index is 10.8. The molecule has 1 rings (SSSR count). The van der Waals surface area contributed by atoms with Crippen LogP contribution in [0.2, 0.25) is 0 Å². The van der Waals surface area contributed by atoms with Gasteiger partial charge in [0.1, 0.15) is 5.78 Å². The highest BCUT2D eigenvalue weighted by molar-refractivity contribution is 5.78. The van der Waals surface area contributed by atoms with Gasteiger partial charge in [-0.25, -0.2) is 0 Å². The molecule has 3 nitrogen and oxygen atoms in total. The van der Waals surface area contributed by atoms with E-state index in [0.717, 1.165) is 12.8 Å². The predicted molar refractivity (Wildman–Crippen MR) is 37.5 cm³/mol. The first-order valence-electron chi connectivity index (χ1n) is 3.72. The lowest BCUT2D eigenvalue weighted by molar-refractivity contribution is -0.854. The van der Waals surface area contributed by atoms with E-state index in [0.29, 0.717) is 18.2 Å². The first-order valence-corrected chi connectivity index (χ1v) is 3.72. The Bertz CT molecular complexity index is 128. The molecule has 0 aromatic heterocycles. The van der Waals surface area contributed by atoms with Crippen LogP contribution >= 0.6 is 0 Å². The molecule has 1 aliphatic heterocycles. The van der Waals surface area contributed by atoms with Crippen molar-refractivity contribution in [3.8, 4) is 0 Å². The molecule has 1 N–H and O–H groups in total. The fourth-order valence-corrected chi connectivity index (χ4v) is 1.35. The molecular formula is C7H13NO2. The summed E-state index contributed by atoms with van der Waals surface area (Å²) in [7, 11) is 0. The van der Waals surface area contributed by atoms with Crippen LogP contribution in [0, 0.1) is 11.1 Å². The molecule has 0 spiro atoms. The molecule has 0 aromatic rings. The van der Waals surface area contributed by atoms with Crippen molar-refractivity contribution in [1.82, 2.24) is 0 Å². The molecule has 0 radical (unpaired) electrons. The molecule has 3 heteroatoms. The summed E-state index contributed by atoms with van der Waals surface area (Å²) in [5.41, 5.74) is 0. The second-order valence-electron chi connectivity index (χ2n) is 2.92. The van der Waals surface area contributed by atoms with Gasteiger partial charge in [-0.2, -0.15) is 0 Å². The average Bonchev–Trinajstić information content (AvgIpc) is 1.88. The minimum Gasteiger partial charge on any atom is -0.634 e. The van der Waals surface area contributed by atoms with Gasteiger partial charge in [0.15, 0.2) is 0 Å². The van der Waals surface area contributed by atoms with Gasteiger partial charge in [0, 0.05) is 18.8 Å². The van der Waals surface area contributed by atoms with Crippen molar-refractivity contribution in [2.24, 2.45) is 5.92 Å². The fourth-order valence-electron chi connectivity index (χ4n) is 1.35. The van der Waals surface area contributed by atoms with Crippen LogP contribution in [0.3, 0.4) is 0 Å². The van der Waals surface area contributed by atoms with Crippen molar-refractivity contribution in [2.45, 2.75) is 19.8 Å². The Labute approximate surface area is 60.6 Å². The van der Waals surface area contributed by atoms with Gasteiger partial charge in [0.05, 0.1) is 13.1 Å². The number of rotatable bonds is 1. The molecule has 0 amide bonds. The number of ketones is 1. The third kappa shape index (κ3) is 1.78. The van der Waals surface area contributed by atoms with Crippen molar-refractivity contribution < 1.29 is 9.86 Å². The summed E-state index contributed by atoms with van der Waals surface area (Å²) in [6.07, 6.45) is 1.57. The number of hydroxylamine groups is 2. The smallest absolute Gasteiger partial charge is 0.133 e. The molecule has 1 saturated heterocycles. The largest absolute Gasteiger partial charge is 0.634 e. The number of piperidine rings is 1. The van der Waals surface area contributed by atoms with Gasteiger partial charge in [-0.3, -0.25) is 4.79 Å². The Morgan fingerprint density at radius 2 is 2.00 bits per heavy atom. The van der Waals surface area contributed by atoms with Gasteiger partial charge in [0.25, 0.3) is 0 Å². The number of carbonyl (C=O) groups is 1. The van der Waals surface area contributed by atoms with E-state index >= 15 is 0 Å². The van der Waals surface area contributed by atoms with E-state index in [9.17, 15) is 10.0 Å². The second kappa shape index (κ2) is 3.12. The standard InChI is InChI=1S/C7H13NO2/c1-6(9)7-2-4-8(10)5-3-7/h7-8H,2-5H2,1H3. The molecule has 0 bridgehead atoms. The van der Waals surface area contributed by atoms with Crippen LogP contribution in [-0.2, 0) is 4.79 Å². The van der Waals surface area contributed by atoms with Crippen LogP contribution < -0.4 is 5.06 Å². The Morgan fingerprint density at radius 1 is 1.50 bits per heavy atom. The third-order valence-electron chi connectivity index (χ3n) is 2.12. The highest BCUT2D eigenvalue weighted by Gasteiger charge is 2.20. The van der Waals surface area contributed by atoms with Gasteiger partial charge in [-0.15, -0.1) is 0 Å². The van der Waals surface area contributed by atoms with Gasteiger partial charge in [0.2, 0.25) is 0 Å². The van der Waals surface area contributed by atoms with Crippen LogP contribution in [0.4, 0.5) is 0 Å². The van der Waals surface area contributed by atoms with E-state index in [2.05, 4.69) is 0 Å². The monoisotopic (exact) mass is 143 g/mol. The van der Waals surface area contributed by atoms with E-state index in [1.807, 2.05) is 0 Å². The minimum absolute atomic E-state index is 0.178. The quantitative estimate of drug-likeness (QED) is 0.497. The Kier molecular flexibility index (Phi) is 2.40. The van der Waals surface area contributed by atoms with Gasteiger partial charge in [-0.1, -0.05) is 0 Å². The maximum absolute atomic E-state index is 10.8. The first kappa shape index (κ1) is 7.69. The van der Waals surface area contributed by atoms with Crippen LogP contribution in [0.15, 0.2) is 0 Å². The Balaban J connectivity index is 2.33. The lowest BCUT2D eigenvalue weighted by Crippen LogP contribution is -3.08. The number of hydrogen-bond donors (Lipinski definition) is 1. The van der Waals surface area contributed by atoms with Gasteiger partial charge in [-0.05, 0) is 6.92 Å². The highest BCUT2D eigenvalue weighted by Crippen LogP contribution is 2.09. The molecule has 0 aliphatic carbocycles. The second-order valence-corrected chi connectivity index (χ2v) is 2.92. The van der Waals surface area contributed by atoms with E-state index in [1.54, 1.807) is 6.92 Å². The first-order chi connectivity index (χ1) is 4.70. The molecule has 0 aromatic carbocycles. The molecule has 0 saturated carbocycles. The zero-order valence-corrected chi connectivity index (χ0v) is 6.22. The molecule has 10 heavy (non-hydrogen) atoms. The molecule has 0 unspecified atom stereocenters. The van der Waals surface area contributed by atoms with E-state index < -0.39 is 0 Å². The Morgan fingerprint density at radius 3 is 2.40 bits per heavy atom. The summed E-state index contributed by atoms with van der Waals surface area (Å²) in [6.45, 7) is 2.84. The van der Waals surface area contributed by atoms with Crippen LogP contribution in [0.1, 0.15) is 19.8 Å². The van der Waals surface area contributed by atoms with Crippen molar-refractivity contribution in [2.75, 3.05) is 13.1 Å². The third-order valence-corrected chi connectivity index (χ3v) is 2.12. The normalized spacial score (nSPS) is 33.8. The van der Waals surface area contributed by atoms with Crippen molar-refractivity contribution >= 4 is 5.78 Å². The number of hydrogen-bond acceptors (Lipinski definition) is 2. The summed E-state index contributed by atoms with van der Waals surface area (Å²) < 4.78 is 0. The summed E-state index contributed by atoms with van der Waals surface area (Å²) in [4.78, 5) is 10.8. The van der Waals surface area contributed by atoms with Crippen molar-refractivity contribution in [1.29, 1.82) is 0 Å². The summed E-state index contributed by atoms with van der Waals surface area (Å²) in [6, 6.07) is 0. The predicted octanol–water partition coefficient (Wildman–Crippen LogP) is -0.632. The van der Waals surface area contributed by atoms with Crippen molar-refractivity contribution in [3.05, 3.63) is 5.21 Å². The lowest BCUT2D eigenvalue weighted by Gasteiger charge is -2.30. The SMILES string of the molecule is CC(=O)C1CC[NH+]([O-])CC1. The maximum Gasteiger partial charge on any atom is 0.133 e. The average molecular weight is 143 g/mol. The highest BCUT2D eigenvalue weighted by atomic mass is 16.5. The molecular weight excluding hydrogens is 130 g/mol. The molecule has 0 atom stereocenters. The molecule has 1 aliphatic rings. The van der Waals surface area contributed by atoms with Gasteiger partial charge < -0.3 is 10.3 Å². The summed E-state index contributed by atoms with van der Waals surface area (Å²) >= 11 is 0. The van der Waals surface area contributed by atoms with Crippen molar-refractivity contribution in [3.63, 3.8) is 0 Å². The molecule has 1 fully saturated rings. The van der Waals surface area contributed by atoms with E-state index in [4.69, 9.17) is 0 Å². The Hall–Kier alpha value is -0.410. The van der Waals surface area contributed by atoms with E-state index in [-0.39, 0.29) is 11.7 Å². The summed E-state index contributed by atoms with van der Waals surface area (Å²) in [5, 5.41) is 11.0. The number of quaternary nitrogens is 1. The van der Waals surface area contributed by atoms with Crippen LogP contribution in [-0.4, -0.2) is 18.9 Å². The minimum atomic E-state index is 0.178. The van der Waals surface area contributed by atoms with Gasteiger partial charge >= 0.3 is 0 Å². The topological polar surface area (TPSA) is 44.6 Å². The van der Waals surface area contributed by atoms with Crippen LogP contribution in [0.25, 0.3) is 0 Å². The summed E-state index contributed by atoms with van der Waals surface area (Å²) in [5.74, 6) is 0.421. The number of carbonyl (C=O) groups excluding carboxylic acids is 1. The molecule has 58 valence electrons. The zero-order chi connectivity index (χ0) is 7.56. The zero-order valence-electron chi connectivity index (χ0n) is 6.22. The molecule has 1 heterocycles.